The first-order valence-electron chi connectivity index (χ1n) is 9.59. The maximum Gasteiger partial charge on any atom is 0.340 e. The number of methoxy groups -OCH3 is 1. The first kappa shape index (κ1) is 22.5. The lowest BCUT2D eigenvalue weighted by Gasteiger charge is -2.08. The Hall–Kier alpha value is -2.17. The van der Waals surface area contributed by atoms with Gasteiger partial charge in [-0.3, -0.25) is 4.79 Å². The average Bonchev–Trinajstić information content (AvgIpc) is 3.44. The maximum absolute atomic E-state index is 12.5. The number of hydrogen-bond acceptors (Lipinski definition) is 8. The quantitative estimate of drug-likeness (QED) is 0.359. The Morgan fingerprint density at radius 3 is 2.73 bits per heavy atom. The molecule has 0 saturated heterocycles. The second kappa shape index (κ2) is 10.2. The Morgan fingerprint density at radius 1 is 1.27 bits per heavy atom. The Balaban J connectivity index is 1.71. The molecule has 0 bridgehead atoms. The smallest absolute Gasteiger partial charge is 0.340 e. The van der Waals surface area contributed by atoms with Crippen LogP contribution in [0.2, 0.25) is 0 Å². The molecule has 0 radical (unpaired) electrons. The molecule has 3 aromatic heterocycles. The minimum Gasteiger partial charge on any atom is -0.465 e. The Bertz CT molecular complexity index is 1040. The van der Waals surface area contributed by atoms with Gasteiger partial charge >= 0.3 is 5.97 Å². The van der Waals surface area contributed by atoms with E-state index < -0.39 is 5.97 Å². The van der Waals surface area contributed by atoms with Gasteiger partial charge < -0.3 is 14.6 Å². The van der Waals surface area contributed by atoms with Gasteiger partial charge in [-0.15, -0.1) is 32.9 Å². The topological polar surface area (TPSA) is 86.1 Å². The fourth-order valence-corrected chi connectivity index (χ4v) is 5.37. The van der Waals surface area contributed by atoms with Crippen molar-refractivity contribution in [1.82, 2.24) is 14.8 Å². The predicted octanol–water partition coefficient (Wildman–Crippen LogP) is 4.87. The van der Waals surface area contributed by atoms with E-state index in [1.165, 1.54) is 35.1 Å². The van der Waals surface area contributed by atoms with E-state index in [2.05, 4.69) is 45.4 Å². The first-order valence-corrected chi connectivity index (χ1v) is 12.3. The van der Waals surface area contributed by atoms with Crippen molar-refractivity contribution < 1.29 is 14.3 Å². The Morgan fingerprint density at radius 2 is 2.07 bits per heavy atom. The number of carbonyl (C=O) groups excluding carboxylic acids is 2. The van der Waals surface area contributed by atoms with Gasteiger partial charge in [0.1, 0.15) is 5.00 Å². The van der Waals surface area contributed by atoms with Crippen LogP contribution in [0.3, 0.4) is 0 Å². The number of esters is 1. The lowest BCUT2D eigenvalue weighted by atomic mass is 10.2. The largest absolute Gasteiger partial charge is 0.465 e. The average molecular weight is 465 g/mol. The number of ether oxygens (including phenoxy) is 1. The molecule has 30 heavy (non-hydrogen) atoms. The van der Waals surface area contributed by atoms with Crippen LogP contribution in [0.4, 0.5) is 5.00 Å². The zero-order valence-electron chi connectivity index (χ0n) is 17.4. The fourth-order valence-electron chi connectivity index (χ4n) is 2.88. The SMILES string of the molecule is CCCn1c(SCC(=O)Nc2sc(C)cc2C(=O)OC)nnc1-c1csc(CC)c1. The first-order chi connectivity index (χ1) is 14.5. The zero-order chi connectivity index (χ0) is 21.7. The van der Waals surface area contributed by atoms with Crippen molar-refractivity contribution in [1.29, 1.82) is 0 Å². The highest BCUT2D eigenvalue weighted by Gasteiger charge is 2.19. The van der Waals surface area contributed by atoms with Crippen molar-refractivity contribution in [2.45, 2.75) is 45.3 Å². The molecular weight excluding hydrogens is 440 g/mol. The molecule has 0 aliphatic heterocycles. The summed E-state index contributed by atoms with van der Waals surface area (Å²) in [5, 5.41) is 14.8. The molecule has 0 atom stereocenters. The lowest BCUT2D eigenvalue weighted by Crippen LogP contribution is -2.16. The number of aromatic nitrogens is 3. The van der Waals surface area contributed by atoms with E-state index in [-0.39, 0.29) is 11.7 Å². The normalized spacial score (nSPS) is 10.9. The molecule has 0 spiro atoms. The number of aryl methyl sites for hydroxylation is 2. The van der Waals surface area contributed by atoms with Crippen LogP contribution < -0.4 is 5.32 Å². The number of rotatable bonds is 9. The van der Waals surface area contributed by atoms with E-state index in [1.807, 2.05) is 6.92 Å². The van der Waals surface area contributed by atoms with Gasteiger partial charge in [0.05, 0.1) is 18.4 Å². The van der Waals surface area contributed by atoms with Crippen molar-refractivity contribution in [3.63, 3.8) is 0 Å². The highest BCUT2D eigenvalue weighted by molar-refractivity contribution is 7.99. The third kappa shape index (κ3) is 5.11. The second-order valence-corrected chi connectivity index (χ2v) is 9.74. The summed E-state index contributed by atoms with van der Waals surface area (Å²) in [6, 6.07) is 3.87. The van der Waals surface area contributed by atoms with Crippen molar-refractivity contribution >= 4 is 51.3 Å². The van der Waals surface area contributed by atoms with E-state index >= 15 is 0 Å². The summed E-state index contributed by atoms with van der Waals surface area (Å²) in [4.78, 5) is 26.6. The molecule has 1 N–H and O–H groups in total. The predicted molar refractivity (Wildman–Crippen MR) is 123 cm³/mol. The van der Waals surface area contributed by atoms with Crippen LogP contribution in [0.1, 0.15) is 40.4 Å². The molecular formula is C20H24N4O3S3. The monoisotopic (exact) mass is 464 g/mol. The molecule has 10 heteroatoms. The molecule has 7 nitrogen and oxygen atoms in total. The molecule has 160 valence electrons. The Labute approximate surface area is 187 Å². The van der Waals surface area contributed by atoms with Gasteiger partial charge in [-0.05, 0) is 31.9 Å². The number of thiophene rings is 2. The number of thioether (sulfide) groups is 1. The van der Waals surface area contributed by atoms with E-state index in [0.717, 1.165) is 35.7 Å². The van der Waals surface area contributed by atoms with Crippen molar-refractivity contribution in [3.8, 4) is 11.4 Å². The highest BCUT2D eigenvalue weighted by atomic mass is 32.2. The number of amides is 1. The molecule has 0 unspecified atom stereocenters. The van der Waals surface area contributed by atoms with Crippen LogP contribution >= 0.6 is 34.4 Å². The van der Waals surface area contributed by atoms with Crippen molar-refractivity contribution in [3.05, 3.63) is 32.8 Å². The van der Waals surface area contributed by atoms with Crippen LogP contribution in [0, 0.1) is 6.92 Å². The second-order valence-electron chi connectivity index (χ2n) is 6.54. The number of nitrogens with zero attached hydrogens (tertiary/aromatic N) is 3. The highest BCUT2D eigenvalue weighted by Crippen LogP contribution is 2.30. The van der Waals surface area contributed by atoms with Crippen LogP contribution in [-0.4, -0.2) is 39.5 Å². The third-order valence-electron chi connectivity index (χ3n) is 4.27. The summed E-state index contributed by atoms with van der Waals surface area (Å²) in [5.74, 6) is 0.335. The third-order valence-corrected chi connectivity index (χ3v) is 7.28. The summed E-state index contributed by atoms with van der Waals surface area (Å²) in [6.07, 6.45) is 1.93. The minimum atomic E-state index is -0.461. The van der Waals surface area contributed by atoms with E-state index in [4.69, 9.17) is 4.74 Å². The molecule has 0 aromatic carbocycles. The molecule has 1 amide bonds. The summed E-state index contributed by atoms with van der Waals surface area (Å²) in [7, 11) is 1.33. The number of anilines is 1. The number of hydrogen-bond donors (Lipinski definition) is 1. The molecule has 3 heterocycles. The van der Waals surface area contributed by atoms with E-state index in [1.54, 1.807) is 17.4 Å². The molecule has 0 aliphatic carbocycles. The molecule has 3 aromatic rings. The van der Waals surface area contributed by atoms with Crippen LogP contribution in [0.5, 0.6) is 0 Å². The van der Waals surface area contributed by atoms with E-state index in [9.17, 15) is 9.59 Å². The molecule has 0 saturated carbocycles. The standard InChI is InChI=1S/C20H24N4O3S3/c1-5-7-24-17(13-9-14(6-2)28-10-13)22-23-20(24)29-11-16(25)21-18-15(19(26)27-4)8-12(3)30-18/h8-10H,5-7,11H2,1-4H3,(H,21,25). The van der Waals surface area contributed by atoms with Crippen molar-refractivity contribution in [2.75, 3.05) is 18.2 Å². The lowest BCUT2D eigenvalue weighted by molar-refractivity contribution is -0.113. The number of nitrogens with one attached hydrogen (secondary N) is 1. The summed E-state index contributed by atoms with van der Waals surface area (Å²) >= 11 is 4.41. The van der Waals surface area contributed by atoms with Crippen molar-refractivity contribution in [2.24, 2.45) is 0 Å². The van der Waals surface area contributed by atoms with Crippen LogP contribution in [0.15, 0.2) is 22.7 Å². The van der Waals surface area contributed by atoms with Gasteiger partial charge in [0, 0.05) is 27.2 Å². The van der Waals surface area contributed by atoms with Gasteiger partial charge in [0.25, 0.3) is 0 Å². The summed E-state index contributed by atoms with van der Waals surface area (Å²) in [6.45, 7) is 6.89. The maximum atomic E-state index is 12.5. The van der Waals surface area contributed by atoms with Gasteiger partial charge in [0.15, 0.2) is 11.0 Å². The van der Waals surface area contributed by atoms with Gasteiger partial charge in [0.2, 0.25) is 5.91 Å². The summed E-state index contributed by atoms with van der Waals surface area (Å²) in [5.41, 5.74) is 1.44. The van der Waals surface area contributed by atoms with Gasteiger partial charge in [-0.25, -0.2) is 4.79 Å². The zero-order valence-corrected chi connectivity index (χ0v) is 19.8. The van der Waals surface area contributed by atoms with Crippen LogP contribution in [0.25, 0.3) is 11.4 Å². The summed E-state index contributed by atoms with van der Waals surface area (Å²) < 4.78 is 6.85. The Kier molecular flexibility index (Phi) is 7.68. The minimum absolute atomic E-state index is 0.170. The van der Waals surface area contributed by atoms with Crippen LogP contribution in [-0.2, 0) is 22.5 Å². The number of carbonyl (C=O) groups is 2. The fraction of sp³-hybridized carbons (Fsp3) is 0.400. The molecule has 0 aliphatic rings. The molecule has 3 rings (SSSR count). The van der Waals surface area contributed by atoms with E-state index in [0.29, 0.717) is 15.7 Å². The van der Waals surface area contributed by atoms with Gasteiger partial charge in [-0.1, -0.05) is 25.6 Å². The van der Waals surface area contributed by atoms with Gasteiger partial charge in [-0.2, -0.15) is 0 Å². The molecule has 0 fully saturated rings.